The molecule has 0 radical (unpaired) electrons. The van der Waals surface area contributed by atoms with Gasteiger partial charge in [0.05, 0.1) is 43.8 Å². The van der Waals surface area contributed by atoms with E-state index < -0.39 is 0 Å². The first kappa shape index (κ1) is 93.6. The number of alkyl halides is 4. The smallest absolute Gasteiger partial charge is 0.762 e. The van der Waals surface area contributed by atoms with E-state index in [1.54, 1.807) is 27.7 Å². The minimum absolute atomic E-state index is 0. The van der Waals surface area contributed by atoms with Crippen molar-refractivity contribution in [3.8, 4) is 0 Å². The maximum atomic E-state index is 10.8. The van der Waals surface area contributed by atoms with Crippen LogP contribution in [-0.2, 0) is 34.5 Å². The van der Waals surface area contributed by atoms with Gasteiger partial charge in [0.1, 0.15) is 0 Å². The molecule has 0 amide bonds. The monoisotopic (exact) mass is 1580 g/mol. The Kier molecular flexibility index (Phi) is 48.7. The Bertz CT molecular complexity index is 3560. The molecule has 22 heteroatoms. The molecule has 0 atom stereocenters. The van der Waals surface area contributed by atoms with E-state index in [4.69, 9.17) is 41.5 Å². The van der Waals surface area contributed by atoms with Gasteiger partial charge < -0.3 is 46.7 Å². The molecule has 0 bridgehead atoms. The summed E-state index contributed by atoms with van der Waals surface area (Å²) in [5.74, 6) is 0. The summed E-state index contributed by atoms with van der Waals surface area (Å²) in [6.07, 6.45) is 7.31. The molecule has 6 aromatic rings. The molecule has 17 nitrogen and oxygen atoms in total. The first-order chi connectivity index (χ1) is 43.6. The quantitative estimate of drug-likeness (QED) is 0.0134. The number of hydrogen-bond acceptors (Lipinski definition) is 17. The van der Waals surface area contributed by atoms with Crippen LogP contribution in [0.2, 0.25) is 0 Å². The number of carbonyl (C=O) groups is 2. The van der Waals surface area contributed by atoms with Gasteiger partial charge in [0.2, 0.25) is 0 Å². The molecule has 0 aliphatic rings. The predicted octanol–water partition coefficient (Wildman–Crippen LogP) is 15.5. The summed E-state index contributed by atoms with van der Waals surface area (Å²) in [4.78, 5) is 21.5. The van der Waals surface area contributed by atoms with Crippen LogP contribution in [0.5, 0.6) is 0 Å². The number of carbonyl (C=O) groups excluding carboxylic acids is 2. The van der Waals surface area contributed by atoms with Gasteiger partial charge >= 0.3 is 51.4 Å². The number of rotatable bonds is 13. The molecule has 512 valence electrons. The van der Waals surface area contributed by atoms with Crippen LogP contribution in [0.1, 0.15) is 204 Å². The van der Waals surface area contributed by atoms with Gasteiger partial charge in [-0.05, 0) is 309 Å². The van der Waals surface area contributed by atoms with Crippen molar-refractivity contribution in [3.63, 3.8) is 0 Å². The van der Waals surface area contributed by atoms with Gasteiger partial charge in [-0.2, -0.15) is 0 Å². The standard InChI is InChI=1S/2C11H14Br2.2C11H14N2O2.2C11H14O2.C3H8NO2.C3H7NO.K/c1-7-4-10(5-12)8(2)9(3)11(7)6-13;1-7-4-10(5-12)9(3)11(6-13)8(7)2;1-7-4-10(5-12-14)8(2)9(3)11(7)6-13-15;1-7-4-10(5-12-14)9(3)11(6-13-15)8(7)2;1-7-4-10(5-12)8(2)9(3)11(7)6-13;1-7-4-10(5-12)9(3)11(6-13)8(7)2;1-3(2)4(5)6;1-3(2)4-5;/h2*4H,5-6H2,1-3H3;2*4-6,14-15H,1-3H3;2*4,6,12H,5H2,1-3H3;3,5H,1-2H3;5H,1-2H3;/q;;;;;;-1;;+1/b;;2*12-5+,13-6+;;;;;. The maximum Gasteiger partial charge on any atom is 1.00 e. The molecule has 0 aliphatic carbocycles. The first-order valence-electron chi connectivity index (χ1n) is 29.5. The summed E-state index contributed by atoms with van der Waals surface area (Å²) in [6.45, 7) is 42.8. The summed E-state index contributed by atoms with van der Waals surface area (Å²) in [5, 5.41) is 96.1. The zero-order chi connectivity index (χ0) is 72.3. The van der Waals surface area contributed by atoms with E-state index in [2.05, 4.69) is 143 Å². The van der Waals surface area contributed by atoms with E-state index in [1.165, 1.54) is 80.5 Å². The molecule has 6 rings (SSSR count). The van der Waals surface area contributed by atoms with Crippen molar-refractivity contribution in [2.24, 2.45) is 25.8 Å². The van der Waals surface area contributed by atoms with Gasteiger partial charge in [0.25, 0.3) is 0 Å². The number of aldehydes is 2. The van der Waals surface area contributed by atoms with Crippen molar-refractivity contribution >= 4 is 107 Å². The molecule has 8 N–H and O–H groups in total. The van der Waals surface area contributed by atoms with Crippen LogP contribution in [0, 0.1) is 130 Å². The molecule has 0 fully saturated rings. The van der Waals surface area contributed by atoms with Gasteiger partial charge in [-0.1, -0.05) is 114 Å². The number of aryl methyl sites for hydroxylation is 6. The maximum absolute atomic E-state index is 10.8. The van der Waals surface area contributed by atoms with E-state index >= 15 is 0 Å². The van der Waals surface area contributed by atoms with Crippen LogP contribution in [0.4, 0.5) is 0 Å². The van der Waals surface area contributed by atoms with Crippen molar-refractivity contribution in [3.05, 3.63) is 209 Å². The van der Waals surface area contributed by atoms with Crippen LogP contribution >= 0.6 is 63.7 Å². The average molecular weight is 1580 g/mol. The Morgan fingerprint density at radius 1 is 0.415 bits per heavy atom. The van der Waals surface area contributed by atoms with E-state index in [1.807, 2.05) is 107 Å². The molecule has 0 aromatic heterocycles. The Balaban J connectivity index is -0.00000102. The third-order valence-electron chi connectivity index (χ3n) is 16.2. The number of aliphatic hydroxyl groups is 2. The van der Waals surface area contributed by atoms with Crippen molar-refractivity contribution in [2.75, 3.05) is 0 Å². The number of hydrogen-bond donors (Lipinski definition) is 8. The van der Waals surface area contributed by atoms with Crippen LogP contribution in [0.25, 0.3) is 0 Å². The Morgan fingerprint density at radius 2 is 0.755 bits per heavy atom. The fraction of sp³-hybridized carbons (Fsp3) is 0.403. The number of benzene rings is 6. The fourth-order valence-corrected chi connectivity index (χ4v) is 12.1. The molecule has 0 unspecified atom stereocenters. The van der Waals surface area contributed by atoms with Gasteiger partial charge in [-0.3, -0.25) is 14.8 Å². The minimum atomic E-state index is -0.315. The third kappa shape index (κ3) is 29.2. The van der Waals surface area contributed by atoms with Crippen molar-refractivity contribution < 1.29 is 102 Å². The van der Waals surface area contributed by atoms with Crippen LogP contribution < -0.4 is 51.4 Å². The van der Waals surface area contributed by atoms with E-state index in [-0.39, 0.29) is 75.9 Å². The molecule has 0 saturated heterocycles. The Hall–Kier alpha value is -4.63. The second-order valence-corrected chi connectivity index (χ2v) is 24.8. The SMILES string of the molecule is CC(C)=NO.CC(C)N([O-])O.Cc1cc(/C=N/O)c(C)c(/C=N/O)c1C.Cc1cc(/C=N/O)c(C)c(C)c1/C=N/O.Cc1cc(CBr)c(C)c(C)c1CBr.Cc1cc(CBr)c(C)c(CBr)c1C.Cc1cc(CO)c(C)c(C)c1C=O.Cc1cc(CO)c(C)c(C=O)c1C.[K+]. The number of halogens is 4. The summed E-state index contributed by atoms with van der Waals surface area (Å²) in [6, 6.07) is 11.8. The van der Waals surface area contributed by atoms with Gasteiger partial charge in [0, 0.05) is 49.6 Å². The van der Waals surface area contributed by atoms with Crippen molar-refractivity contribution in [2.45, 2.75) is 193 Å². The number of oxime groups is 5. The van der Waals surface area contributed by atoms with Crippen LogP contribution in [-0.4, -0.2) is 95.9 Å². The van der Waals surface area contributed by atoms with Crippen LogP contribution in [0.3, 0.4) is 0 Å². The van der Waals surface area contributed by atoms with Crippen molar-refractivity contribution in [1.29, 1.82) is 0 Å². The number of aliphatic hydroxyl groups excluding tert-OH is 2. The first-order valence-corrected chi connectivity index (χ1v) is 34.0. The number of hydroxylamine groups is 2. The minimum Gasteiger partial charge on any atom is -0.762 e. The Morgan fingerprint density at radius 3 is 1.17 bits per heavy atom. The second-order valence-electron chi connectivity index (χ2n) is 22.6. The molecule has 0 aliphatic heterocycles. The topological polar surface area (TPSA) is 284 Å². The van der Waals surface area contributed by atoms with Gasteiger partial charge in [-0.25, -0.2) is 0 Å². The summed E-state index contributed by atoms with van der Waals surface area (Å²) in [7, 11) is 0. The van der Waals surface area contributed by atoms with Crippen LogP contribution in [0.15, 0.2) is 62.2 Å². The zero-order valence-electron chi connectivity index (χ0n) is 59.2. The average Bonchev–Trinajstić information content (AvgIpc) is 0.892. The molecule has 0 saturated carbocycles. The zero-order valence-corrected chi connectivity index (χ0v) is 68.7. The largest absolute Gasteiger partial charge is 1.00 e. The van der Waals surface area contributed by atoms with Gasteiger partial charge in [-0.15, -0.1) is 0 Å². The normalized spacial score (nSPS) is 10.5. The number of nitrogens with zero attached hydrogens (tertiary/aromatic N) is 6. The second kappa shape index (κ2) is 49.0. The molecule has 94 heavy (non-hydrogen) atoms. The summed E-state index contributed by atoms with van der Waals surface area (Å²) < 4.78 is 0. The molecular formula is C72H99Br4KN6O11. The predicted molar refractivity (Wildman–Crippen MR) is 397 cm³/mol. The molecule has 0 heterocycles. The van der Waals surface area contributed by atoms with E-state index in [9.17, 15) is 14.8 Å². The Labute approximate surface area is 635 Å². The van der Waals surface area contributed by atoms with Gasteiger partial charge in [0.15, 0.2) is 12.6 Å². The molecule has 6 aromatic carbocycles. The third-order valence-corrected chi connectivity index (χ3v) is 18.5. The van der Waals surface area contributed by atoms with E-state index in [0.717, 1.165) is 140 Å². The summed E-state index contributed by atoms with van der Waals surface area (Å²) >= 11 is 14.1. The fourth-order valence-electron chi connectivity index (χ4n) is 9.24. The van der Waals surface area contributed by atoms with Crippen molar-refractivity contribution in [1.82, 2.24) is 5.23 Å². The molecule has 0 spiro atoms. The van der Waals surface area contributed by atoms with E-state index in [0.29, 0.717) is 11.3 Å². The molecular weight excluding hydrogens is 1480 g/mol. The summed E-state index contributed by atoms with van der Waals surface area (Å²) in [5.41, 5.74) is 33.3.